The van der Waals surface area contributed by atoms with Gasteiger partial charge in [0.2, 0.25) is 5.91 Å². The molecule has 0 saturated carbocycles. The van der Waals surface area contributed by atoms with Crippen LogP contribution in [-0.4, -0.2) is 30.7 Å². The largest absolute Gasteiger partial charge is 0.465 e. The second-order valence-electron chi connectivity index (χ2n) is 3.48. The number of piperidine rings is 1. The van der Waals surface area contributed by atoms with Gasteiger partial charge in [-0.15, -0.1) is 0 Å². The molecule has 2 unspecified atom stereocenters. The van der Waals surface area contributed by atoms with E-state index in [1.54, 1.807) is 12.2 Å². The molecule has 2 atom stereocenters. The molecule has 1 amide bonds. The first-order valence-electron chi connectivity index (χ1n) is 4.90. The third-order valence-corrected chi connectivity index (χ3v) is 2.34. The van der Waals surface area contributed by atoms with Crippen molar-refractivity contribution in [2.75, 3.05) is 6.61 Å². The van der Waals surface area contributed by atoms with Crippen LogP contribution in [0.25, 0.3) is 0 Å². The zero-order valence-electron chi connectivity index (χ0n) is 8.63. The molecule has 0 aromatic carbocycles. The molecule has 16 heavy (non-hydrogen) atoms. The maximum Gasteiger partial charge on any atom is 0.408 e. The van der Waals surface area contributed by atoms with Gasteiger partial charge in [0.1, 0.15) is 12.0 Å². The second-order valence-corrected chi connectivity index (χ2v) is 3.48. The lowest BCUT2D eigenvalue weighted by Crippen LogP contribution is -2.53. The molecule has 0 spiro atoms. The minimum Gasteiger partial charge on any atom is -0.465 e. The van der Waals surface area contributed by atoms with Crippen molar-refractivity contribution in [3.05, 3.63) is 0 Å². The first kappa shape index (κ1) is 12.8. The van der Waals surface area contributed by atoms with Crippen molar-refractivity contribution in [2.45, 2.75) is 32.0 Å². The first-order valence-corrected chi connectivity index (χ1v) is 4.90. The van der Waals surface area contributed by atoms with Crippen molar-refractivity contribution >= 4 is 11.9 Å². The van der Waals surface area contributed by atoms with E-state index in [4.69, 9.17) is 0 Å². The van der Waals surface area contributed by atoms with Crippen molar-refractivity contribution < 1.29 is 27.5 Å². The summed E-state index contributed by atoms with van der Waals surface area (Å²) in [5.41, 5.74) is 0. The van der Waals surface area contributed by atoms with E-state index in [1.807, 2.05) is 0 Å². The predicted octanol–water partition coefficient (Wildman–Crippen LogP) is 1.01. The summed E-state index contributed by atoms with van der Waals surface area (Å²) in [5, 5.41) is 1.78. The van der Waals surface area contributed by atoms with Crippen molar-refractivity contribution in [3.8, 4) is 0 Å². The minimum absolute atomic E-state index is 0.102. The van der Waals surface area contributed by atoms with Crippen LogP contribution in [0, 0.1) is 5.92 Å². The van der Waals surface area contributed by atoms with Crippen LogP contribution in [0.5, 0.6) is 0 Å². The minimum atomic E-state index is -4.46. The molecule has 7 heteroatoms. The topological polar surface area (TPSA) is 55.4 Å². The smallest absolute Gasteiger partial charge is 0.408 e. The summed E-state index contributed by atoms with van der Waals surface area (Å²) in [5.74, 6) is -2.79. The van der Waals surface area contributed by atoms with Gasteiger partial charge in [0, 0.05) is 0 Å². The Bertz CT molecular complexity index is 290. The maximum atomic E-state index is 12.3. The molecule has 1 fully saturated rings. The Morgan fingerprint density at radius 2 is 2.12 bits per heavy atom. The van der Waals surface area contributed by atoms with Crippen LogP contribution in [0.2, 0.25) is 0 Å². The molecule has 1 N–H and O–H groups in total. The number of rotatable bonds is 2. The first-order chi connectivity index (χ1) is 7.36. The number of halogens is 3. The standard InChI is InChI=1S/C9H12F3NO3/c1-2-16-8(15)5-3-4-6(9(10,11)12)13-7(5)14/h5-6H,2-4H2,1H3,(H,13,14). The normalized spacial score (nSPS) is 26.1. The van der Waals surface area contributed by atoms with Gasteiger partial charge in [-0.25, -0.2) is 0 Å². The van der Waals surface area contributed by atoms with Crippen LogP contribution < -0.4 is 5.32 Å². The van der Waals surface area contributed by atoms with Gasteiger partial charge >= 0.3 is 12.1 Å². The van der Waals surface area contributed by atoms with E-state index in [0.717, 1.165) is 0 Å². The molecule has 0 aromatic rings. The van der Waals surface area contributed by atoms with E-state index in [1.165, 1.54) is 0 Å². The second kappa shape index (κ2) is 4.71. The average Bonchev–Trinajstić information content (AvgIpc) is 2.16. The lowest BCUT2D eigenvalue weighted by atomic mass is 9.93. The molecule has 92 valence electrons. The third kappa shape index (κ3) is 2.86. The number of alkyl halides is 3. The van der Waals surface area contributed by atoms with Crippen molar-refractivity contribution in [1.82, 2.24) is 5.32 Å². The number of hydrogen-bond acceptors (Lipinski definition) is 3. The summed E-state index contributed by atoms with van der Waals surface area (Å²) in [6, 6.07) is -1.86. The molecule has 0 aromatic heterocycles. The number of ether oxygens (including phenoxy) is 1. The number of carbonyl (C=O) groups excluding carboxylic acids is 2. The predicted molar refractivity (Wildman–Crippen MR) is 47.3 cm³/mol. The summed E-state index contributed by atoms with van der Waals surface area (Å²) in [6.07, 6.45) is -4.89. The zero-order chi connectivity index (χ0) is 12.3. The van der Waals surface area contributed by atoms with Crippen LogP contribution in [0.3, 0.4) is 0 Å². The summed E-state index contributed by atoms with van der Waals surface area (Å²) in [7, 11) is 0. The number of amides is 1. The van der Waals surface area contributed by atoms with Crippen molar-refractivity contribution in [1.29, 1.82) is 0 Å². The van der Waals surface area contributed by atoms with E-state index in [2.05, 4.69) is 4.74 Å². The molecule has 0 bridgehead atoms. The Morgan fingerprint density at radius 3 is 2.56 bits per heavy atom. The Kier molecular flexibility index (Phi) is 3.77. The highest BCUT2D eigenvalue weighted by atomic mass is 19.4. The quantitative estimate of drug-likeness (QED) is 0.578. The summed E-state index contributed by atoms with van der Waals surface area (Å²) in [6.45, 7) is 1.67. The van der Waals surface area contributed by atoms with Crippen molar-refractivity contribution in [2.24, 2.45) is 5.92 Å². The highest BCUT2D eigenvalue weighted by Crippen LogP contribution is 2.28. The molecule has 1 aliphatic heterocycles. The van der Waals surface area contributed by atoms with Crippen LogP contribution >= 0.6 is 0 Å². The number of nitrogens with one attached hydrogen (secondary N) is 1. The van der Waals surface area contributed by atoms with Crippen LogP contribution in [0.1, 0.15) is 19.8 Å². The lowest BCUT2D eigenvalue weighted by molar-refractivity contribution is -0.174. The van der Waals surface area contributed by atoms with E-state index in [-0.39, 0.29) is 19.4 Å². The van der Waals surface area contributed by atoms with Gasteiger partial charge in [0.05, 0.1) is 6.61 Å². The molecule has 0 radical (unpaired) electrons. The van der Waals surface area contributed by atoms with Gasteiger partial charge in [-0.3, -0.25) is 9.59 Å². The summed E-state index contributed by atoms with van der Waals surface area (Å²) < 4.78 is 41.4. The van der Waals surface area contributed by atoms with Gasteiger partial charge in [-0.2, -0.15) is 13.2 Å². The highest BCUT2D eigenvalue weighted by Gasteiger charge is 2.46. The number of hydrogen-bond donors (Lipinski definition) is 1. The molecule has 4 nitrogen and oxygen atoms in total. The summed E-state index contributed by atoms with van der Waals surface area (Å²) >= 11 is 0. The SMILES string of the molecule is CCOC(=O)C1CCC(C(F)(F)F)NC1=O. The maximum absolute atomic E-state index is 12.3. The Labute approximate surface area is 90.1 Å². The van der Waals surface area contributed by atoms with E-state index < -0.39 is 30.0 Å². The molecule has 1 aliphatic rings. The third-order valence-electron chi connectivity index (χ3n) is 2.34. The van der Waals surface area contributed by atoms with Gasteiger partial charge in [0.25, 0.3) is 0 Å². The van der Waals surface area contributed by atoms with Crippen LogP contribution in [0.4, 0.5) is 13.2 Å². The van der Waals surface area contributed by atoms with E-state index >= 15 is 0 Å². The molecule has 0 aliphatic carbocycles. The Balaban J connectivity index is 2.59. The van der Waals surface area contributed by atoms with Crippen molar-refractivity contribution in [3.63, 3.8) is 0 Å². The Hall–Kier alpha value is -1.27. The molecular formula is C9H12F3NO3. The van der Waals surface area contributed by atoms with E-state index in [9.17, 15) is 22.8 Å². The van der Waals surface area contributed by atoms with Gasteiger partial charge in [0.15, 0.2) is 0 Å². The molecule has 1 saturated heterocycles. The fourth-order valence-electron chi connectivity index (χ4n) is 1.52. The fraction of sp³-hybridized carbons (Fsp3) is 0.778. The summed E-state index contributed by atoms with van der Waals surface area (Å²) in [4.78, 5) is 22.5. The van der Waals surface area contributed by atoms with Crippen LogP contribution in [-0.2, 0) is 14.3 Å². The van der Waals surface area contributed by atoms with Crippen LogP contribution in [0.15, 0.2) is 0 Å². The molecule has 1 rings (SSSR count). The molecular weight excluding hydrogens is 227 g/mol. The average molecular weight is 239 g/mol. The number of esters is 1. The van der Waals surface area contributed by atoms with E-state index in [0.29, 0.717) is 0 Å². The van der Waals surface area contributed by atoms with Gasteiger partial charge in [-0.05, 0) is 19.8 Å². The monoisotopic (exact) mass is 239 g/mol. The number of carbonyl (C=O) groups is 2. The fourth-order valence-corrected chi connectivity index (χ4v) is 1.52. The van der Waals surface area contributed by atoms with Gasteiger partial charge < -0.3 is 10.1 Å². The van der Waals surface area contributed by atoms with Gasteiger partial charge in [-0.1, -0.05) is 0 Å². The zero-order valence-corrected chi connectivity index (χ0v) is 8.63. The molecule has 1 heterocycles. The Morgan fingerprint density at radius 1 is 1.50 bits per heavy atom. The highest BCUT2D eigenvalue weighted by molar-refractivity contribution is 5.98. The lowest BCUT2D eigenvalue weighted by Gasteiger charge is -2.29.